The fourth-order valence-corrected chi connectivity index (χ4v) is 5.42. The molecule has 0 bridgehead atoms. The van der Waals surface area contributed by atoms with Crippen LogP contribution in [0.3, 0.4) is 0 Å². The van der Waals surface area contributed by atoms with Gasteiger partial charge in [0.1, 0.15) is 0 Å². The van der Waals surface area contributed by atoms with Gasteiger partial charge in [0.05, 0.1) is 17.6 Å². The smallest absolute Gasteiger partial charge is 0.240 e. The maximum absolute atomic E-state index is 12.5. The number of nitrogens with one attached hydrogen (secondary N) is 1. The highest BCUT2D eigenvalue weighted by molar-refractivity contribution is 7.89. The Balaban J connectivity index is 1.40. The Morgan fingerprint density at radius 3 is 2.46 bits per heavy atom. The molecule has 1 aromatic carbocycles. The standard InChI is InChI=1S/C22H36N2O3S/c1-19-10-12-22(13-11-19)28(25,26)23-17-20-7-6-14-24(18-20)15-16-27-21-8-4-2-3-5-9-21/h10-13,20-21,23H,2-9,14-18H2,1H3. The van der Waals surface area contributed by atoms with Gasteiger partial charge < -0.3 is 9.64 Å². The quantitative estimate of drug-likeness (QED) is 0.666. The zero-order valence-corrected chi connectivity index (χ0v) is 18.1. The molecule has 2 aliphatic rings. The minimum Gasteiger partial charge on any atom is -0.377 e. The molecule has 0 radical (unpaired) electrons. The van der Waals surface area contributed by atoms with Crippen LogP contribution in [0.2, 0.25) is 0 Å². The summed E-state index contributed by atoms with van der Waals surface area (Å²) >= 11 is 0. The Bertz CT molecular complexity index is 682. The van der Waals surface area contributed by atoms with Crippen LogP contribution in [0.15, 0.2) is 29.2 Å². The molecule has 0 amide bonds. The number of sulfonamides is 1. The zero-order valence-electron chi connectivity index (χ0n) is 17.2. The molecule has 1 heterocycles. The predicted octanol–water partition coefficient (Wildman–Crippen LogP) is 3.72. The Labute approximate surface area is 170 Å². The number of ether oxygens (including phenoxy) is 1. The van der Waals surface area contributed by atoms with Crippen molar-refractivity contribution in [3.63, 3.8) is 0 Å². The summed E-state index contributed by atoms with van der Waals surface area (Å²) in [7, 11) is -3.42. The van der Waals surface area contributed by atoms with Gasteiger partial charge in [-0.1, -0.05) is 43.4 Å². The van der Waals surface area contributed by atoms with E-state index in [2.05, 4.69) is 9.62 Å². The molecule has 0 spiro atoms. The summed E-state index contributed by atoms with van der Waals surface area (Å²) in [6.45, 7) is 6.26. The molecule has 0 aromatic heterocycles. The molecule has 1 unspecified atom stereocenters. The van der Waals surface area contributed by atoms with Crippen molar-refractivity contribution in [1.82, 2.24) is 9.62 Å². The van der Waals surface area contributed by atoms with Gasteiger partial charge in [0.15, 0.2) is 0 Å². The van der Waals surface area contributed by atoms with Crippen LogP contribution in [-0.4, -0.2) is 52.2 Å². The Hall–Kier alpha value is -0.950. The van der Waals surface area contributed by atoms with Crippen LogP contribution in [-0.2, 0) is 14.8 Å². The van der Waals surface area contributed by atoms with E-state index >= 15 is 0 Å². The Morgan fingerprint density at radius 2 is 1.75 bits per heavy atom. The van der Waals surface area contributed by atoms with Crippen LogP contribution in [0.5, 0.6) is 0 Å². The third-order valence-corrected chi connectivity index (χ3v) is 7.50. The van der Waals surface area contributed by atoms with Gasteiger partial charge in [0.25, 0.3) is 0 Å². The molecule has 1 aliphatic carbocycles. The van der Waals surface area contributed by atoms with Crippen molar-refractivity contribution in [3.8, 4) is 0 Å². The van der Waals surface area contributed by atoms with Crippen molar-refractivity contribution in [2.24, 2.45) is 5.92 Å². The first-order valence-corrected chi connectivity index (χ1v) is 12.4. The predicted molar refractivity (Wildman–Crippen MR) is 113 cm³/mol. The summed E-state index contributed by atoms with van der Waals surface area (Å²) in [5.74, 6) is 0.367. The van der Waals surface area contributed by atoms with E-state index in [-0.39, 0.29) is 0 Å². The van der Waals surface area contributed by atoms with Gasteiger partial charge in [0.2, 0.25) is 10.0 Å². The molecule has 158 valence electrons. The molecule has 28 heavy (non-hydrogen) atoms. The van der Waals surface area contributed by atoms with Crippen LogP contribution in [0.25, 0.3) is 0 Å². The summed E-state index contributed by atoms with van der Waals surface area (Å²) in [4.78, 5) is 2.79. The van der Waals surface area contributed by atoms with Crippen molar-refractivity contribution < 1.29 is 13.2 Å². The lowest BCUT2D eigenvalue weighted by Crippen LogP contribution is -2.42. The van der Waals surface area contributed by atoms with Crippen molar-refractivity contribution in [2.45, 2.75) is 69.3 Å². The van der Waals surface area contributed by atoms with Gasteiger partial charge in [-0.3, -0.25) is 0 Å². The molecule has 1 saturated carbocycles. The monoisotopic (exact) mass is 408 g/mol. The van der Waals surface area contributed by atoms with Gasteiger partial charge in [-0.05, 0) is 57.2 Å². The molecular formula is C22H36N2O3S. The summed E-state index contributed by atoms with van der Waals surface area (Å²) in [5, 5.41) is 0. The van der Waals surface area contributed by atoms with E-state index in [4.69, 9.17) is 4.74 Å². The van der Waals surface area contributed by atoms with Gasteiger partial charge in [0, 0.05) is 19.6 Å². The zero-order chi connectivity index (χ0) is 19.8. The van der Waals surface area contributed by atoms with E-state index in [1.54, 1.807) is 12.1 Å². The van der Waals surface area contributed by atoms with Crippen LogP contribution in [0, 0.1) is 12.8 Å². The number of nitrogens with zero attached hydrogens (tertiary/aromatic N) is 1. The van der Waals surface area contributed by atoms with Crippen molar-refractivity contribution in [1.29, 1.82) is 0 Å². The van der Waals surface area contributed by atoms with Crippen LogP contribution in [0.4, 0.5) is 0 Å². The number of piperidine rings is 1. The van der Waals surface area contributed by atoms with Gasteiger partial charge >= 0.3 is 0 Å². The lowest BCUT2D eigenvalue weighted by Gasteiger charge is -2.33. The molecule has 1 saturated heterocycles. The van der Waals surface area contributed by atoms with E-state index in [1.807, 2.05) is 19.1 Å². The molecule has 2 fully saturated rings. The molecule has 5 nitrogen and oxygen atoms in total. The molecule has 1 aromatic rings. The number of aryl methyl sites for hydroxylation is 1. The molecule has 1 aliphatic heterocycles. The highest BCUT2D eigenvalue weighted by Crippen LogP contribution is 2.21. The molecule has 1 atom stereocenters. The van der Waals surface area contributed by atoms with Crippen molar-refractivity contribution in [2.75, 3.05) is 32.8 Å². The van der Waals surface area contributed by atoms with Gasteiger partial charge in [-0.15, -0.1) is 0 Å². The molecule has 6 heteroatoms. The Morgan fingerprint density at radius 1 is 1.04 bits per heavy atom. The second kappa shape index (κ2) is 10.7. The van der Waals surface area contributed by atoms with Crippen molar-refractivity contribution >= 4 is 10.0 Å². The first kappa shape index (κ1) is 21.8. The minimum atomic E-state index is -3.42. The van der Waals surface area contributed by atoms with E-state index in [0.717, 1.165) is 44.6 Å². The number of benzene rings is 1. The maximum atomic E-state index is 12.5. The lowest BCUT2D eigenvalue weighted by molar-refractivity contribution is 0.0224. The van der Waals surface area contributed by atoms with E-state index in [9.17, 15) is 8.42 Å². The van der Waals surface area contributed by atoms with E-state index in [0.29, 0.717) is 23.5 Å². The van der Waals surface area contributed by atoms with Crippen LogP contribution >= 0.6 is 0 Å². The summed E-state index contributed by atoms with van der Waals surface area (Å²) in [6.07, 6.45) is 10.4. The fourth-order valence-electron chi connectivity index (χ4n) is 4.31. The number of hydrogen-bond acceptors (Lipinski definition) is 4. The second-order valence-electron chi connectivity index (χ2n) is 8.46. The average Bonchev–Trinajstić information content (AvgIpc) is 2.96. The van der Waals surface area contributed by atoms with E-state index < -0.39 is 10.0 Å². The number of hydrogen-bond donors (Lipinski definition) is 1. The van der Waals surface area contributed by atoms with E-state index in [1.165, 1.54) is 38.5 Å². The maximum Gasteiger partial charge on any atom is 0.240 e. The third kappa shape index (κ3) is 6.83. The lowest BCUT2D eigenvalue weighted by atomic mass is 9.98. The van der Waals surface area contributed by atoms with Crippen LogP contribution < -0.4 is 4.72 Å². The molecular weight excluding hydrogens is 372 g/mol. The minimum absolute atomic E-state index is 0.350. The summed E-state index contributed by atoms with van der Waals surface area (Å²) < 4.78 is 33.9. The summed E-state index contributed by atoms with van der Waals surface area (Å²) in [5.41, 5.74) is 1.06. The average molecular weight is 409 g/mol. The molecule has 3 rings (SSSR count). The van der Waals surface area contributed by atoms with Crippen molar-refractivity contribution in [3.05, 3.63) is 29.8 Å². The fraction of sp³-hybridized carbons (Fsp3) is 0.727. The van der Waals surface area contributed by atoms with Gasteiger partial charge in [-0.2, -0.15) is 0 Å². The number of rotatable bonds is 8. The van der Waals surface area contributed by atoms with Crippen LogP contribution in [0.1, 0.15) is 56.9 Å². The number of likely N-dealkylation sites (tertiary alicyclic amines) is 1. The third-order valence-electron chi connectivity index (χ3n) is 6.06. The first-order valence-electron chi connectivity index (χ1n) is 10.9. The van der Waals surface area contributed by atoms with Gasteiger partial charge in [-0.25, -0.2) is 13.1 Å². The molecule has 1 N–H and O–H groups in total. The first-order chi connectivity index (χ1) is 13.5. The SMILES string of the molecule is Cc1ccc(S(=O)(=O)NCC2CCCN(CCOC3CCCCCC3)C2)cc1. The topological polar surface area (TPSA) is 58.6 Å². The normalized spacial score (nSPS) is 22.8. The highest BCUT2D eigenvalue weighted by atomic mass is 32.2. The largest absolute Gasteiger partial charge is 0.377 e. The summed E-state index contributed by atoms with van der Waals surface area (Å²) in [6, 6.07) is 7.03. The second-order valence-corrected chi connectivity index (χ2v) is 10.2. The highest BCUT2D eigenvalue weighted by Gasteiger charge is 2.23. The Kier molecular flexibility index (Phi) is 8.33.